The third-order valence-corrected chi connectivity index (χ3v) is 2.60. The molecule has 4 nitrogen and oxygen atoms in total. The summed E-state index contributed by atoms with van der Waals surface area (Å²) in [6, 6.07) is 8.03. The third-order valence-electron chi connectivity index (χ3n) is 2.60. The van der Waals surface area contributed by atoms with Crippen LogP contribution in [0.4, 0.5) is 5.82 Å². The monoisotopic (exact) mass is 243 g/mol. The normalized spacial score (nSPS) is 10.3. The lowest BCUT2D eigenvalue weighted by atomic mass is 10.1. The van der Waals surface area contributed by atoms with E-state index in [-0.39, 0.29) is 0 Å². The van der Waals surface area contributed by atoms with Gasteiger partial charge >= 0.3 is 0 Å². The number of unbranched alkanes of at least 4 members (excludes halogenated alkanes) is 1. The van der Waals surface area contributed by atoms with Crippen LogP contribution in [0.25, 0.3) is 0 Å². The van der Waals surface area contributed by atoms with Gasteiger partial charge in [0.15, 0.2) is 0 Å². The van der Waals surface area contributed by atoms with Gasteiger partial charge in [0, 0.05) is 0 Å². The zero-order valence-corrected chi connectivity index (χ0v) is 10.5. The van der Waals surface area contributed by atoms with Crippen molar-refractivity contribution in [1.29, 1.82) is 0 Å². The van der Waals surface area contributed by atoms with Crippen LogP contribution in [0.3, 0.4) is 0 Å². The van der Waals surface area contributed by atoms with Crippen LogP contribution in [-0.2, 0) is 6.42 Å². The highest BCUT2D eigenvalue weighted by atomic mass is 16.5. The second-order valence-corrected chi connectivity index (χ2v) is 4.13. The summed E-state index contributed by atoms with van der Waals surface area (Å²) in [6.07, 6.45) is 6.55. The molecule has 0 radical (unpaired) electrons. The number of anilines is 1. The van der Waals surface area contributed by atoms with E-state index in [0.717, 1.165) is 12.2 Å². The van der Waals surface area contributed by atoms with Gasteiger partial charge in [-0.15, -0.1) is 0 Å². The molecule has 0 spiro atoms. The number of nitrogen functional groups attached to an aromatic ring is 1. The van der Waals surface area contributed by atoms with Crippen LogP contribution in [0.1, 0.15) is 25.3 Å². The minimum Gasteiger partial charge on any atom is -0.437 e. The van der Waals surface area contributed by atoms with E-state index in [4.69, 9.17) is 10.5 Å². The van der Waals surface area contributed by atoms with Gasteiger partial charge in [0.25, 0.3) is 0 Å². The summed E-state index contributed by atoms with van der Waals surface area (Å²) in [6.45, 7) is 2.19. The molecule has 0 saturated carbocycles. The number of nitrogens with zero attached hydrogens (tertiary/aromatic N) is 2. The highest BCUT2D eigenvalue weighted by Crippen LogP contribution is 2.20. The minimum atomic E-state index is 0.354. The standard InChI is InChI=1S/C14H17N3O/c1-2-3-4-11-5-7-12(8-6-11)18-14-10-16-9-13(15)17-14/h5-10H,2-4H2,1H3,(H2,15,17). The molecule has 4 heteroatoms. The molecule has 0 atom stereocenters. The molecular formula is C14H17N3O. The van der Waals surface area contributed by atoms with Gasteiger partial charge in [-0.2, -0.15) is 4.98 Å². The Morgan fingerprint density at radius 1 is 1.17 bits per heavy atom. The summed E-state index contributed by atoms with van der Waals surface area (Å²) in [5.41, 5.74) is 6.86. The SMILES string of the molecule is CCCCc1ccc(Oc2cncc(N)n2)cc1. The number of hydrogen-bond acceptors (Lipinski definition) is 4. The molecule has 1 aromatic heterocycles. The van der Waals surface area contributed by atoms with Gasteiger partial charge in [0.1, 0.15) is 11.6 Å². The largest absolute Gasteiger partial charge is 0.437 e. The molecule has 0 fully saturated rings. The maximum atomic E-state index is 5.57. The number of benzene rings is 1. The van der Waals surface area contributed by atoms with Crippen molar-refractivity contribution in [3.8, 4) is 11.6 Å². The van der Waals surface area contributed by atoms with Crippen LogP contribution in [-0.4, -0.2) is 9.97 Å². The minimum absolute atomic E-state index is 0.354. The molecular weight excluding hydrogens is 226 g/mol. The van der Waals surface area contributed by atoms with Gasteiger partial charge in [0.2, 0.25) is 5.88 Å². The molecule has 0 aliphatic carbocycles. The molecule has 0 amide bonds. The molecule has 1 aromatic carbocycles. The quantitative estimate of drug-likeness (QED) is 0.876. The first kappa shape index (κ1) is 12.4. The highest BCUT2D eigenvalue weighted by Gasteiger charge is 2.00. The van der Waals surface area contributed by atoms with Crippen molar-refractivity contribution in [1.82, 2.24) is 9.97 Å². The number of ether oxygens (including phenoxy) is 1. The van der Waals surface area contributed by atoms with Crippen LogP contribution < -0.4 is 10.5 Å². The van der Waals surface area contributed by atoms with Crippen LogP contribution in [0.2, 0.25) is 0 Å². The highest BCUT2D eigenvalue weighted by molar-refractivity contribution is 5.32. The number of aromatic nitrogens is 2. The first-order valence-electron chi connectivity index (χ1n) is 6.12. The number of nitrogens with two attached hydrogens (primary N) is 1. The lowest BCUT2D eigenvalue weighted by Crippen LogP contribution is -1.94. The number of aryl methyl sites for hydroxylation is 1. The van der Waals surface area contributed by atoms with E-state index in [1.807, 2.05) is 12.1 Å². The van der Waals surface area contributed by atoms with Gasteiger partial charge < -0.3 is 10.5 Å². The zero-order valence-electron chi connectivity index (χ0n) is 10.5. The Hall–Kier alpha value is -2.10. The average Bonchev–Trinajstić information content (AvgIpc) is 2.38. The fourth-order valence-electron chi connectivity index (χ4n) is 1.64. The van der Waals surface area contributed by atoms with Crippen molar-refractivity contribution in [2.24, 2.45) is 0 Å². The Morgan fingerprint density at radius 3 is 2.61 bits per heavy atom. The van der Waals surface area contributed by atoms with Gasteiger partial charge in [-0.05, 0) is 30.5 Å². The third kappa shape index (κ3) is 3.45. The molecule has 2 aromatic rings. The summed E-state index contributed by atoms with van der Waals surface area (Å²) in [4.78, 5) is 7.96. The first-order chi connectivity index (χ1) is 8.78. The smallest absolute Gasteiger partial charge is 0.239 e. The van der Waals surface area contributed by atoms with E-state index in [9.17, 15) is 0 Å². The van der Waals surface area contributed by atoms with Crippen molar-refractivity contribution >= 4 is 5.82 Å². The van der Waals surface area contributed by atoms with Gasteiger partial charge in [-0.1, -0.05) is 25.5 Å². The molecule has 2 rings (SSSR count). The van der Waals surface area contributed by atoms with E-state index < -0.39 is 0 Å². The Balaban J connectivity index is 2.02. The van der Waals surface area contributed by atoms with E-state index in [2.05, 4.69) is 29.0 Å². The topological polar surface area (TPSA) is 61.0 Å². The zero-order chi connectivity index (χ0) is 12.8. The van der Waals surface area contributed by atoms with E-state index in [1.54, 1.807) is 6.20 Å². The van der Waals surface area contributed by atoms with E-state index in [0.29, 0.717) is 11.7 Å². The lowest BCUT2D eigenvalue weighted by Gasteiger charge is -2.05. The Labute approximate surface area is 107 Å². The first-order valence-corrected chi connectivity index (χ1v) is 6.12. The summed E-state index contributed by atoms with van der Waals surface area (Å²) >= 11 is 0. The Morgan fingerprint density at radius 2 is 1.94 bits per heavy atom. The summed E-state index contributed by atoms with van der Waals surface area (Å²) in [7, 11) is 0. The molecule has 0 bridgehead atoms. The summed E-state index contributed by atoms with van der Waals surface area (Å²) in [5.74, 6) is 1.51. The molecule has 0 saturated heterocycles. The van der Waals surface area contributed by atoms with Crippen LogP contribution in [0.15, 0.2) is 36.7 Å². The van der Waals surface area contributed by atoms with Crippen molar-refractivity contribution in [3.05, 3.63) is 42.2 Å². The summed E-state index contributed by atoms with van der Waals surface area (Å²) < 4.78 is 5.57. The second-order valence-electron chi connectivity index (χ2n) is 4.13. The Bertz CT molecular complexity index is 497. The maximum absolute atomic E-state index is 5.57. The fourth-order valence-corrected chi connectivity index (χ4v) is 1.64. The van der Waals surface area contributed by atoms with Crippen molar-refractivity contribution in [2.75, 3.05) is 5.73 Å². The second kappa shape index (κ2) is 6.00. The average molecular weight is 243 g/mol. The number of hydrogen-bond donors (Lipinski definition) is 1. The summed E-state index contributed by atoms with van der Waals surface area (Å²) in [5, 5.41) is 0. The molecule has 0 aliphatic heterocycles. The van der Waals surface area contributed by atoms with E-state index in [1.165, 1.54) is 24.6 Å². The van der Waals surface area contributed by atoms with Gasteiger partial charge in [0.05, 0.1) is 12.4 Å². The van der Waals surface area contributed by atoms with Crippen LogP contribution in [0.5, 0.6) is 11.6 Å². The van der Waals surface area contributed by atoms with Gasteiger partial charge in [-0.25, -0.2) is 0 Å². The molecule has 18 heavy (non-hydrogen) atoms. The molecule has 94 valence electrons. The Kier molecular flexibility index (Phi) is 4.12. The molecule has 0 unspecified atom stereocenters. The number of rotatable bonds is 5. The fraction of sp³-hybridized carbons (Fsp3) is 0.286. The van der Waals surface area contributed by atoms with Crippen molar-refractivity contribution in [2.45, 2.75) is 26.2 Å². The predicted molar refractivity (Wildman–Crippen MR) is 71.6 cm³/mol. The van der Waals surface area contributed by atoms with Crippen LogP contribution >= 0.6 is 0 Å². The van der Waals surface area contributed by atoms with Gasteiger partial charge in [-0.3, -0.25) is 4.98 Å². The lowest BCUT2D eigenvalue weighted by molar-refractivity contribution is 0.461. The predicted octanol–water partition coefficient (Wildman–Crippen LogP) is 3.19. The van der Waals surface area contributed by atoms with Crippen molar-refractivity contribution < 1.29 is 4.74 Å². The molecule has 0 aliphatic rings. The van der Waals surface area contributed by atoms with Crippen LogP contribution in [0, 0.1) is 0 Å². The van der Waals surface area contributed by atoms with E-state index >= 15 is 0 Å². The maximum Gasteiger partial charge on any atom is 0.239 e. The van der Waals surface area contributed by atoms with Crippen molar-refractivity contribution in [3.63, 3.8) is 0 Å². The molecule has 2 N–H and O–H groups in total. The molecule has 1 heterocycles.